The van der Waals surface area contributed by atoms with Crippen molar-refractivity contribution < 1.29 is 58.0 Å². The van der Waals surface area contributed by atoms with Crippen molar-refractivity contribution in [1.29, 1.82) is 0 Å². The van der Waals surface area contributed by atoms with Gasteiger partial charge in [0, 0.05) is 58.5 Å². The van der Waals surface area contributed by atoms with Gasteiger partial charge >= 0.3 is 0 Å². The van der Waals surface area contributed by atoms with Crippen molar-refractivity contribution in [1.82, 2.24) is 0 Å². The van der Waals surface area contributed by atoms with E-state index in [0.29, 0.717) is 6.42 Å². The van der Waals surface area contributed by atoms with Gasteiger partial charge in [-0.2, -0.15) is 0 Å². The predicted octanol–water partition coefficient (Wildman–Crippen LogP) is 3.20. The Morgan fingerprint density at radius 3 is 2.06 bits per heavy atom. The summed E-state index contributed by atoms with van der Waals surface area (Å²) in [5.41, 5.74) is -1.91. The number of hydrogen-bond donors (Lipinski definition) is 3. The van der Waals surface area contributed by atoms with Gasteiger partial charge < -0.3 is 58.0 Å². The summed E-state index contributed by atoms with van der Waals surface area (Å²) in [6.07, 6.45) is -1.16. The smallest absolute Gasteiger partial charge is 0.179 e. The van der Waals surface area contributed by atoms with E-state index in [1.54, 1.807) is 42.3 Å². The monoisotopic (exact) mass is 688 g/mol. The minimum Gasteiger partial charge on any atom is -0.392 e. The van der Waals surface area contributed by atoms with Crippen LogP contribution >= 0.6 is 0 Å². The normalized spacial score (nSPS) is 52.4. The molecule has 0 unspecified atom stereocenters. The lowest BCUT2D eigenvalue weighted by Gasteiger charge is -2.52. The Labute approximate surface area is 287 Å². The van der Waals surface area contributed by atoms with E-state index in [9.17, 15) is 15.3 Å². The second-order valence-corrected chi connectivity index (χ2v) is 15.9. The lowest BCUT2D eigenvalue weighted by atomic mass is 9.75. The van der Waals surface area contributed by atoms with Gasteiger partial charge in [0.25, 0.3) is 0 Å². The summed E-state index contributed by atoms with van der Waals surface area (Å²) in [5.74, 6) is -3.56. The zero-order valence-corrected chi connectivity index (χ0v) is 31.2. The van der Waals surface area contributed by atoms with Crippen molar-refractivity contribution >= 4 is 0 Å². The van der Waals surface area contributed by atoms with Gasteiger partial charge in [-0.25, -0.2) is 0 Å². The summed E-state index contributed by atoms with van der Waals surface area (Å²) in [5, 5.41) is 33.5. The maximum absolute atomic E-state index is 11.8. The van der Waals surface area contributed by atoms with E-state index in [1.165, 1.54) is 0 Å². The first-order valence-electron chi connectivity index (χ1n) is 18.0. The molecule has 19 atom stereocenters. The Kier molecular flexibility index (Phi) is 11.4. The molecule has 0 aromatic carbocycles. The predicted molar refractivity (Wildman–Crippen MR) is 175 cm³/mol. The maximum atomic E-state index is 11.8. The molecule has 12 nitrogen and oxygen atoms in total. The van der Waals surface area contributed by atoms with E-state index in [-0.39, 0.29) is 54.4 Å². The lowest BCUT2D eigenvalue weighted by Crippen LogP contribution is -2.64. The molecule has 5 rings (SSSR count). The van der Waals surface area contributed by atoms with E-state index in [1.807, 2.05) is 27.7 Å². The number of aliphatic hydroxyl groups excluding tert-OH is 2. The Morgan fingerprint density at radius 1 is 0.833 bits per heavy atom. The molecule has 0 aliphatic carbocycles. The quantitative estimate of drug-likeness (QED) is 0.310. The van der Waals surface area contributed by atoms with Crippen molar-refractivity contribution in [3.8, 4) is 0 Å². The Balaban J connectivity index is 1.33. The van der Waals surface area contributed by atoms with Crippen molar-refractivity contribution in [2.45, 2.75) is 177 Å². The molecule has 48 heavy (non-hydrogen) atoms. The largest absolute Gasteiger partial charge is 0.392 e. The van der Waals surface area contributed by atoms with Crippen LogP contribution in [0.15, 0.2) is 0 Å². The van der Waals surface area contributed by atoms with Gasteiger partial charge in [-0.3, -0.25) is 0 Å². The van der Waals surface area contributed by atoms with E-state index >= 15 is 0 Å². The highest BCUT2D eigenvalue weighted by Crippen LogP contribution is 2.56. The molecule has 0 radical (unpaired) electrons. The van der Waals surface area contributed by atoms with E-state index in [0.717, 1.165) is 25.7 Å². The van der Waals surface area contributed by atoms with Gasteiger partial charge in [0.05, 0.1) is 61.0 Å². The molecule has 5 saturated heterocycles. The average molecular weight is 689 g/mol. The van der Waals surface area contributed by atoms with Crippen molar-refractivity contribution in [2.24, 2.45) is 23.7 Å². The second-order valence-electron chi connectivity index (χ2n) is 15.9. The Morgan fingerprint density at radius 2 is 1.46 bits per heavy atom. The highest BCUT2D eigenvalue weighted by Gasteiger charge is 2.69. The molecule has 12 heteroatoms. The zero-order chi connectivity index (χ0) is 35.6. The summed E-state index contributed by atoms with van der Waals surface area (Å²) in [4.78, 5) is 0. The summed E-state index contributed by atoms with van der Waals surface area (Å²) in [6, 6.07) is 0. The minimum absolute atomic E-state index is 0.147. The molecule has 1 spiro atoms. The second kappa shape index (κ2) is 14.2. The maximum Gasteiger partial charge on any atom is 0.179 e. The molecule has 5 aliphatic heterocycles. The van der Waals surface area contributed by atoms with Crippen molar-refractivity contribution in [3.63, 3.8) is 0 Å². The summed E-state index contributed by atoms with van der Waals surface area (Å²) in [6.45, 7) is 15.3. The van der Waals surface area contributed by atoms with Crippen LogP contribution in [0.1, 0.15) is 87.5 Å². The Hall–Kier alpha value is -0.480. The van der Waals surface area contributed by atoms with Crippen LogP contribution in [-0.4, -0.2) is 134 Å². The highest BCUT2D eigenvalue weighted by molar-refractivity contribution is 5.13. The number of hydrogen-bond acceptors (Lipinski definition) is 12. The third-order valence-corrected chi connectivity index (χ3v) is 13.5. The van der Waals surface area contributed by atoms with E-state index < -0.39 is 59.2 Å². The number of methoxy groups -OCH3 is 4. The zero-order valence-electron chi connectivity index (χ0n) is 31.2. The number of rotatable bonds is 10. The average Bonchev–Trinajstić information content (AvgIpc) is 3.80. The first-order valence-corrected chi connectivity index (χ1v) is 18.0. The first-order chi connectivity index (χ1) is 22.4. The fraction of sp³-hybridized carbons (Fsp3) is 1.00. The van der Waals surface area contributed by atoms with Crippen LogP contribution in [0.25, 0.3) is 0 Å². The van der Waals surface area contributed by atoms with Crippen LogP contribution in [-0.2, 0) is 42.6 Å². The third-order valence-electron chi connectivity index (χ3n) is 13.5. The topological polar surface area (TPSA) is 144 Å². The van der Waals surface area contributed by atoms with Crippen LogP contribution < -0.4 is 0 Å². The van der Waals surface area contributed by atoms with Crippen molar-refractivity contribution in [2.75, 3.05) is 28.4 Å². The molecule has 3 N–H and O–H groups in total. The van der Waals surface area contributed by atoms with Gasteiger partial charge in [-0.15, -0.1) is 0 Å². The fourth-order valence-electron chi connectivity index (χ4n) is 9.67. The first kappa shape index (κ1) is 38.7. The standard InChI is InChI=1S/C36H64O12/c1-18-29(37)20(3)35(8,39)47-30(18)25-14-13-23(44-25)24-15-16-28(45-24)34(7)32(42-11)21(4)36(48-34)19(2)26(41-10)17-27(46-36)31(38)33(6,43-12)22(5)40-9/h18-32,37-39H,13-17H2,1-12H3/t18-,19-,20+,21+,22-,23+,24-,25+,26-,27-,28+,29-,30-,31+,32+,33-,34+,35-,36-/m0/s1. The van der Waals surface area contributed by atoms with Crippen LogP contribution in [0.4, 0.5) is 0 Å². The molecule has 5 fully saturated rings. The number of ether oxygens (including phenoxy) is 9. The van der Waals surface area contributed by atoms with Crippen LogP contribution in [0.5, 0.6) is 0 Å². The van der Waals surface area contributed by atoms with Crippen LogP contribution in [0, 0.1) is 23.7 Å². The lowest BCUT2D eigenvalue weighted by molar-refractivity contribution is -0.365. The molecule has 0 bridgehead atoms. The SMILES string of the molecule is CO[C@H]1C[C@@H]([C@@H](O)[C@@](C)(OC)[C@H](C)OC)O[C@]2(O[C@](C)([C@H]3CC[C@@H]([C@H]4CC[C@H]([C@H]5O[C@](C)(O)[C@H](C)[C@@H](O)[C@@H]5C)O4)O3)[C@H](OC)[C@H]2C)[C@H]1C. The van der Waals surface area contributed by atoms with Gasteiger partial charge in [-0.05, 0) is 53.4 Å². The molecular formula is C36H64O12. The minimum atomic E-state index is -1.43. The molecule has 0 amide bonds. The third kappa shape index (κ3) is 6.21. The van der Waals surface area contributed by atoms with Crippen molar-refractivity contribution in [3.05, 3.63) is 0 Å². The number of aliphatic hydroxyl groups is 3. The molecule has 5 aliphatic rings. The van der Waals surface area contributed by atoms with Gasteiger partial charge in [0.2, 0.25) is 0 Å². The van der Waals surface area contributed by atoms with Crippen LogP contribution in [0.2, 0.25) is 0 Å². The summed E-state index contributed by atoms with van der Waals surface area (Å²) >= 11 is 0. The van der Waals surface area contributed by atoms with Gasteiger partial charge in [0.15, 0.2) is 11.6 Å². The molecule has 5 heterocycles. The Bertz CT molecular complexity index is 1090. The van der Waals surface area contributed by atoms with Gasteiger partial charge in [-0.1, -0.05) is 27.7 Å². The van der Waals surface area contributed by atoms with E-state index in [4.69, 9.17) is 42.6 Å². The molecule has 0 aromatic heterocycles. The van der Waals surface area contributed by atoms with Gasteiger partial charge in [0.1, 0.15) is 17.3 Å². The summed E-state index contributed by atoms with van der Waals surface area (Å²) in [7, 11) is 6.55. The molecule has 0 aromatic rings. The highest BCUT2D eigenvalue weighted by atomic mass is 16.7. The molecule has 0 saturated carbocycles. The van der Waals surface area contributed by atoms with Crippen LogP contribution in [0.3, 0.4) is 0 Å². The fourth-order valence-corrected chi connectivity index (χ4v) is 9.67. The van der Waals surface area contributed by atoms with E-state index in [2.05, 4.69) is 13.8 Å². The molecule has 280 valence electrons. The summed E-state index contributed by atoms with van der Waals surface area (Å²) < 4.78 is 57.3. The molecular weight excluding hydrogens is 624 g/mol.